The van der Waals surface area contributed by atoms with Crippen molar-refractivity contribution in [3.05, 3.63) is 59.2 Å². The van der Waals surface area contributed by atoms with E-state index in [1.54, 1.807) is 26.4 Å². The number of para-hydroxylation sites is 1. The number of hydrogen-bond donors (Lipinski definition) is 2. The first kappa shape index (κ1) is 21.1. The van der Waals surface area contributed by atoms with Gasteiger partial charge >= 0.3 is 5.97 Å². The van der Waals surface area contributed by atoms with Gasteiger partial charge in [-0.2, -0.15) is 0 Å². The van der Waals surface area contributed by atoms with Crippen molar-refractivity contribution in [2.24, 2.45) is 5.92 Å². The monoisotopic (exact) mass is 399 g/mol. The van der Waals surface area contributed by atoms with Crippen LogP contribution in [-0.4, -0.2) is 54.9 Å². The summed E-state index contributed by atoms with van der Waals surface area (Å²) in [5, 5.41) is 19.9. The third-order valence-electron chi connectivity index (χ3n) is 5.75. The molecular weight excluding hydrogens is 370 g/mol. The molecule has 1 atom stereocenters. The van der Waals surface area contributed by atoms with Gasteiger partial charge in [0.05, 0.1) is 25.9 Å². The summed E-state index contributed by atoms with van der Waals surface area (Å²) in [7, 11) is 3.20. The van der Waals surface area contributed by atoms with Crippen LogP contribution < -0.4 is 9.47 Å². The van der Waals surface area contributed by atoms with Crippen LogP contribution in [0.1, 0.15) is 40.4 Å². The third-order valence-corrected chi connectivity index (χ3v) is 5.75. The van der Waals surface area contributed by atoms with E-state index in [9.17, 15) is 9.90 Å². The molecule has 6 nitrogen and oxygen atoms in total. The van der Waals surface area contributed by atoms with E-state index in [0.29, 0.717) is 17.1 Å². The van der Waals surface area contributed by atoms with Crippen LogP contribution in [0, 0.1) is 5.92 Å². The highest BCUT2D eigenvalue weighted by molar-refractivity contribution is 5.87. The number of ether oxygens (including phenoxy) is 2. The van der Waals surface area contributed by atoms with E-state index in [4.69, 9.17) is 14.6 Å². The quantitative estimate of drug-likeness (QED) is 0.708. The molecule has 1 saturated heterocycles. The summed E-state index contributed by atoms with van der Waals surface area (Å²) in [5.41, 5.74) is 2.23. The van der Waals surface area contributed by atoms with Crippen LogP contribution >= 0.6 is 0 Å². The summed E-state index contributed by atoms with van der Waals surface area (Å²) >= 11 is 0. The predicted octanol–water partition coefficient (Wildman–Crippen LogP) is 3.39. The van der Waals surface area contributed by atoms with E-state index in [1.165, 1.54) is 0 Å². The van der Waals surface area contributed by atoms with Crippen molar-refractivity contribution < 1.29 is 24.5 Å². The molecular formula is C23H29NO5. The number of carbonyl (C=O) groups is 1. The lowest BCUT2D eigenvalue weighted by atomic mass is 9.87. The van der Waals surface area contributed by atoms with E-state index in [2.05, 4.69) is 4.90 Å². The van der Waals surface area contributed by atoms with Gasteiger partial charge in [-0.05, 0) is 62.0 Å². The second kappa shape index (κ2) is 9.76. The normalized spacial score (nSPS) is 16.4. The fraction of sp³-hybridized carbons (Fsp3) is 0.435. The molecule has 1 heterocycles. The number of likely N-dealkylation sites (tertiary alicyclic amines) is 1. The number of rotatable bonds is 8. The largest absolute Gasteiger partial charge is 0.493 e. The molecule has 0 spiro atoms. The van der Waals surface area contributed by atoms with Crippen molar-refractivity contribution in [1.29, 1.82) is 0 Å². The Bertz CT molecular complexity index is 813. The van der Waals surface area contributed by atoms with Gasteiger partial charge in [0.1, 0.15) is 0 Å². The molecule has 1 unspecified atom stereocenters. The molecule has 0 radical (unpaired) electrons. The molecule has 156 valence electrons. The number of aliphatic hydroxyl groups is 1. The molecule has 3 rings (SSSR count). The van der Waals surface area contributed by atoms with Crippen LogP contribution in [0.5, 0.6) is 11.5 Å². The highest BCUT2D eigenvalue weighted by atomic mass is 16.5. The highest BCUT2D eigenvalue weighted by Crippen LogP contribution is 2.39. The SMILES string of the molecule is COc1cccc(C(O)C2CCN(CCc3ccc(C(=O)O)cc3)CC2)c1OC. The molecule has 0 aliphatic carbocycles. The Morgan fingerprint density at radius 1 is 1.10 bits per heavy atom. The van der Waals surface area contributed by atoms with E-state index >= 15 is 0 Å². The molecule has 6 heteroatoms. The fourth-order valence-electron chi connectivity index (χ4n) is 3.99. The predicted molar refractivity (Wildman–Crippen MR) is 111 cm³/mol. The number of hydrogen-bond acceptors (Lipinski definition) is 5. The molecule has 2 aromatic rings. The number of piperidine rings is 1. The van der Waals surface area contributed by atoms with Gasteiger partial charge in [0, 0.05) is 12.1 Å². The average Bonchev–Trinajstić information content (AvgIpc) is 2.77. The summed E-state index contributed by atoms with van der Waals surface area (Å²) < 4.78 is 10.8. The average molecular weight is 399 g/mol. The van der Waals surface area contributed by atoms with Crippen molar-refractivity contribution in [2.75, 3.05) is 33.9 Å². The summed E-state index contributed by atoms with van der Waals surface area (Å²) in [5.74, 6) is 0.525. The first-order valence-corrected chi connectivity index (χ1v) is 9.97. The van der Waals surface area contributed by atoms with Crippen LogP contribution in [0.2, 0.25) is 0 Å². The lowest BCUT2D eigenvalue weighted by Crippen LogP contribution is -2.36. The van der Waals surface area contributed by atoms with Gasteiger partial charge < -0.3 is 24.6 Å². The lowest BCUT2D eigenvalue weighted by molar-refractivity contribution is 0.0572. The van der Waals surface area contributed by atoms with Gasteiger partial charge in [0.15, 0.2) is 11.5 Å². The van der Waals surface area contributed by atoms with Gasteiger partial charge in [-0.25, -0.2) is 4.79 Å². The first-order chi connectivity index (χ1) is 14.0. The molecule has 1 fully saturated rings. The molecule has 1 aliphatic heterocycles. The van der Waals surface area contributed by atoms with Crippen LogP contribution in [0.4, 0.5) is 0 Å². The minimum atomic E-state index is -0.898. The fourth-order valence-corrected chi connectivity index (χ4v) is 3.99. The molecule has 2 aromatic carbocycles. The van der Waals surface area contributed by atoms with Gasteiger partial charge in [0.2, 0.25) is 0 Å². The molecule has 0 aromatic heterocycles. The molecule has 1 aliphatic rings. The van der Waals surface area contributed by atoms with Crippen molar-refractivity contribution in [3.8, 4) is 11.5 Å². The Kier molecular flexibility index (Phi) is 7.12. The number of aliphatic hydroxyl groups excluding tert-OH is 1. The number of benzene rings is 2. The summed E-state index contributed by atoms with van der Waals surface area (Å²) in [6.45, 7) is 2.79. The van der Waals surface area contributed by atoms with Crippen LogP contribution in [-0.2, 0) is 6.42 Å². The van der Waals surface area contributed by atoms with Crippen molar-refractivity contribution >= 4 is 5.97 Å². The Labute approximate surface area is 171 Å². The van der Waals surface area contributed by atoms with Crippen LogP contribution in [0.15, 0.2) is 42.5 Å². The Morgan fingerprint density at radius 3 is 2.38 bits per heavy atom. The molecule has 0 amide bonds. The zero-order valence-corrected chi connectivity index (χ0v) is 17.0. The molecule has 0 bridgehead atoms. The summed E-state index contributed by atoms with van der Waals surface area (Å²) in [6.07, 6.45) is 2.14. The first-order valence-electron chi connectivity index (χ1n) is 9.97. The van der Waals surface area contributed by atoms with Crippen LogP contribution in [0.25, 0.3) is 0 Å². The number of carboxylic acids is 1. The molecule has 2 N–H and O–H groups in total. The number of nitrogens with zero attached hydrogens (tertiary/aromatic N) is 1. The highest BCUT2D eigenvalue weighted by Gasteiger charge is 2.28. The maximum atomic E-state index is 10.9. The maximum Gasteiger partial charge on any atom is 0.335 e. The molecule has 0 saturated carbocycles. The standard InChI is InChI=1S/C23H29NO5/c1-28-20-5-3-4-19(22(20)29-2)21(25)17-11-14-24(15-12-17)13-10-16-6-8-18(9-7-16)23(26)27/h3-9,17,21,25H,10-15H2,1-2H3,(H,26,27). The Morgan fingerprint density at radius 2 is 1.79 bits per heavy atom. The third kappa shape index (κ3) is 5.08. The number of aromatic carboxylic acids is 1. The van der Waals surface area contributed by atoms with Gasteiger partial charge in [-0.3, -0.25) is 0 Å². The van der Waals surface area contributed by atoms with Crippen molar-refractivity contribution in [1.82, 2.24) is 4.90 Å². The Balaban J connectivity index is 1.53. The van der Waals surface area contributed by atoms with Crippen molar-refractivity contribution in [3.63, 3.8) is 0 Å². The Hall–Kier alpha value is -2.57. The second-order valence-corrected chi connectivity index (χ2v) is 7.46. The number of methoxy groups -OCH3 is 2. The van der Waals surface area contributed by atoms with E-state index in [1.807, 2.05) is 30.3 Å². The number of carboxylic acid groups (broad SMARTS) is 1. The lowest BCUT2D eigenvalue weighted by Gasteiger charge is -2.34. The minimum absolute atomic E-state index is 0.183. The topological polar surface area (TPSA) is 79.2 Å². The van der Waals surface area contributed by atoms with E-state index in [-0.39, 0.29) is 5.92 Å². The maximum absolute atomic E-state index is 10.9. The second-order valence-electron chi connectivity index (χ2n) is 7.46. The minimum Gasteiger partial charge on any atom is -0.493 e. The smallest absolute Gasteiger partial charge is 0.335 e. The van der Waals surface area contributed by atoms with E-state index in [0.717, 1.165) is 50.0 Å². The zero-order valence-electron chi connectivity index (χ0n) is 17.0. The molecule has 29 heavy (non-hydrogen) atoms. The van der Waals surface area contributed by atoms with Gasteiger partial charge in [-0.1, -0.05) is 24.3 Å². The zero-order chi connectivity index (χ0) is 20.8. The van der Waals surface area contributed by atoms with Crippen LogP contribution in [0.3, 0.4) is 0 Å². The van der Waals surface area contributed by atoms with Crippen molar-refractivity contribution in [2.45, 2.75) is 25.4 Å². The van der Waals surface area contributed by atoms with E-state index < -0.39 is 12.1 Å². The van der Waals surface area contributed by atoms with Gasteiger partial charge in [-0.15, -0.1) is 0 Å². The van der Waals surface area contributed by atoms with Gasteiger partial charge in [0.25, 0.3) is 0 Å². The summed E-state index contributed by atoms with van der Waals surface area (Å²) in [6, 6.07) is 12.7. The summed E-state index contributed by atoms with van der Waals surface area (Å²) in [4.78, 5) is 13.3.